The first-order valence-corrected chi connectivity index (χ1v) is 11.4. The number of aliphatic imine (C=N–C) groups is 1. The third kappa shape index (κ3) is 5.45. The molecular formula is C19H35N5O3S. The summed E-state index contributed by atoms with van der Waals surface area (Å²) in [5, 5.41) is 0. The van der Waals surface area contributed by atoms with E-state index in [1.165, 1.54) is 5.75 Å². The molecule has 0 aromatic heterocycles. The summed E-state index contributed by atoms with van der Waals surface area (Å²) >= 11 is 2.01. The normalized spacial score (nSPS) is 27.9. The van der Waals surface area contributed by atoms with Gasteiger partial charge < -0.3 is 25.0 Å². The molecule has 0 saturated carbocycles. The molecular weight excluding hydrogens is 378 g/mol. The van der Waals surface area contributed by atoms with Gasteiger partial charge in [-0.25, -0.2) is 4.79 Å². The van der Waals surface area contributed by atoms with Crippen molar-refractivity contribution in [3.63, 3.8) is 0 Å². The van der Waals surface area contributed by atoms with Crippen LogP contribution in [0.2, 0.25) is 0 Å². The summed E-state index contributed by atoms with van der Waals surface area (Å²) in [5.41, 5.74) is 5.97. The van der Waals surface area contributed by atoms with Crippen LogP contribution in [0.3, 0.4) is 0 Å². The summed E-state index contributed by atoms with van der Waals surface area (Å²) in [5.74, 6) is 2.88. The van der Waals surface area contributed by atoms with Gasteiger partial charge in [0.2, 0.25) is 0 Å². The lowest BCUT2D eigenvalue weighted by Gasteiger charge is -2.42. The van der Waals surface area contributed by atoms with Crippen molar-refractivity contribution in [3.05, 3.63) is 0 Å². The highest BCUT2D eigenvalue weighted by molar-refractivity contribution is 7.99. The number of carbonyl (C=O) groups is 1. The van der Waals surface area contributed by atoms with Crippen molar-refractivity contribution in [2.75, 3.05) is 70.5 Å². The summed E-state index contributed by atoms with van der Waals surface area (Å²) in [6.45, 7) is 12.5. The van der Waals surface area contributed by atoms with Crippen LogP contribution >= 0.6 is 11.8 Å². The first-order chi connectivity index (χ1) is 13.3. The van der Waals surface area contributed by atoms with Gasteiger partial charge in [0.25, 0.3) is 0 Å². The van der Waals surface area contributed by atoms with Crippen LogP contribution in [0.25, 0.3) is 0 Å². The Morgan fingerprint density at radius 3 is 2.36 bits per heavy atom. The van der Waals surface area contributed by atoms with E-state index in [4.69, 9.17) is 20.2 Å². The summed E-state index contributed by atoms with van der Waals surface area (Å²) in [6.07, 6.45) is 0.901. The number of carbonyl (C=O) groups excluding carboxylic acids is 1. The summed E-state index contributed by atoms with van der Waals surface area (Å²) in [7, 11) is 0. The molecule has 9 heteroatoms. The van der Waals surface area contributed by atoms with Crippen molar-refractivity contribution in [2.45, 2.75) is 38.3 Å². The average Bonchev–Trinajstić information content (AvgIpc) is 3.16. The molecule has 0 aromatic rings. The molecule has 0 bridgehead atoms. The monoisotopic (exact) mass is 413 g/mol. The van der Waals surface area contributed by atoms with Crippen molar-refractivity contribution >= 4 is 23.8 Å². The van der Waals surface area contributed by atoms with Crippen LogP contribution in [0, 0.1) is 0 Å². The van der Waals surface area contributed by atoms with E-state index in [2.05, 4.69) is 9.80 Å². The molecule has 0 radical (unpaired) electrons. The molecule has 28 heavy (non-hydrogen) atoms. The first-order valence-electron chi connectivity index (χ1n) is 10.2. The van der Waals surface area contributed by atoms with Crippen LogP contribution in [-0.4, -0.2) is 108 Å². The molecule has 3 aliphatic rings. The third-order valence-electron chi connectivity index (χ3n) is 5.56. The van der Waals surface area contributed by atoms with Crippen molar-refractivity contribution < 1.29 is 14.3 Å². The molecule has 3 fully saturated rings. The summed E-state index contributed by atoms with van der Waals surface area (Å²) < 4.78 is 11.0. The third-order valence-corrected chi connectivity index (χ3v) is 6.79. The Labute approximate surface area is 172 Å². The fourth-order valence-electron chi connectivity index (χ4n) is 3.88. The van der Waals surface area contributed by atoms with Crippen LogP contribution in [0.1, 0.15) is 27.2 Å². The van der Waals surface area contributed by atoms with E-state index >= 15 is 0 Å². The van der Waals surface area contributed by atoms with E-state index in [1.807, 2.05) is 32.5 Å². The molecule has 1 atom stereocenters. The Morgan fingerprint density at radius 1 is 1.14 bits per heavy atom. The molecule has 3 aliphatic heterocycles. The average molecular weight is 414 g/mol. The van der Waals surface area contributed by atoms with Gasteiger partial charge in [0.05, 0.1) is 25.3 Å². The lowest BCUT2D eigenvalue weighted by molar-refractivity contribution is -0.0105. The van der Waals surface area contributed by atoms with Gasteiger partial charge in [-0.3, -0.25) is 9.89 Å². The van der Waals surface area contributed by atoms with Crippen molar-refractivity contribution in [1.29, 1.82) is 0 Å². The Balaban J connectivity index is 1.53. The van der Waals surface area contributed by atoms with Crippen LogP contribution in [0.4, 0.5) is 4.79 Å². The molecule has 160 valence electrons. The minimum absolute atomic E-state index is 0.109. The fourth-order valence-corrected chi connectivity index (χ4v) is 5.35. The number of ether oxygens (including phenoxy) is 2. The number of hydrogen-bond acceptors (Lipinski definition) is 6. The SMILES string of the molecule is CC(C)(C)OC(=O)N1CCN(C(N)=NCC2(N3CCOCC3)CCSC2)CC1. The molecule has 3 rings (SSSR count). The lowest BCUT2D eigenvalue weighted by atomic mass is 9.96. The van der Waals surface area contributed by atoms with Gasteiger partial charge in [-0.15, -0.1) is 0 Å². The Kier molecular flexibility index (Phi) is 6.98. The Morgan fingerprint density at radius 2 is 1.79 bits per heavy atom. The van der Waals surface area contributed by atoms with Crippen molar-refractivity contribution in [3.8, 4) is 0 Å². The van der Waals surface area contributed by atoms with E-state index in [9.17, 15) is 4.79 Å². The van der Waals surface area contributed by atoms with Gasteiger partial charge in [-0.05, 0) is 32.9 Å². The van der Waals surface area contributed by atoms with Gasteiger partial charge in [0.15, 0.2) is 5.96 Å². The largest absolute Gasteiger partial charge is 0.444 e. The number of morpholine rings is 1. The predicted molar refractivity (Wildman–Crippen MR) is 113 cm³/mol. The molecule has 2 N–H and O–H groups in total. The number of guanidine groups is 1. The maximum Gasteiger partial charge on any atom is 0.410 e. The second-order valence-corrected chi connectivity index (χ2v) is 9.86. The van der Waals surface area contributed by atoms with E-state index in [0.29, 0.717) is 32.1 Å². The molecule has 1 amide bonds. The molecule has 0 aromatic carbocycles. The highest BCUT2D eigenvalue weighted by atomic mass is 32.2. The molecule has 3 heterocycles. The van der Waals surface area contributed by atoms with Gasteiger partial charge in [0, 0.05) is 45.0 Å². The Hall–Kier alpha value is -1.19. The van der Waals surface area contributed by atoms with Crippen molar-refractivity contribution in [2.24, 2.45) is 10.7 Å². The molecule has 1 unspecified atom stereocenters. The Bertz CT molecular complexity index is 560. The maximum absolute atomic E-state index is 12.2. The minimum Gasteiger partial charge on any atom is -0.444 e. The highest BCUT2D eigenvalue weighted by Gasteiger charge is 2.40. The number of thioether (sulfide) groups is 1. The zero-order valence-electron chi connectivity index (χ0n) is 17.5. The fraction of sp³-hybridized carbons (Fsp3) is 0.895. The summed E-state index contributed by atoms with van der Waals surface area (Å²) in [4.78, 5) is 23.4. The highest BCUT2D eigenvalue weighted by Crippen LogP contribution is 2.34. The van der Waals surface area contributed by atoms with Crippen molar-refractivity contribution in [1.82, 2.24) is 14.7 Å². The predicted octanol–water partition coefficient (Wildman–Crippen LogP) is 1.06. The van der Waals surface area contributed by atoms with Gasteiger partial charge in [-0.1, -0.05) is 0 Å². The number of rotatable bonds is 3. The van der Waals surface area contributed by atoms with Gasteiger partial charge in [0.1, 0.15) is 5.60 Å². The second-order valence-electron chi connectivity index (χ2n) is 8.76. The molecule has 8 nitrogen and oxygen atoms in total. The van der Waals surface area contributed by atoms with Crippen LogP contribution in [-0.2, 0) is 9.47 Å². The van der Waals surface area contributed by atoms with E-state index < -0.39 is 5.60 Å². The zero-order chi connectivity index (χ0) is 20.2. The van der Waals surface area contributed by atoms with E-state index in [-0.39, 0.29) is 11.6 Å². The topological polar surface area (TPSA) is 83.6 Å². The standard InChI is InChI=1S/C19H35N5O3S/c1-18(2,3)27-17(25)23-7-5-22(6-8-23)16(20)21-14-19(4-13-28-15-19)24-9-11-26-12-10-24/h4-15H2,1-3H3,(H2,20,21). The van der Waals surface area contributed by atoms with E-state index in [1.54, 1.807) is 4.90 Å². The number of nitrogens with zero attached hydrogens (tertiary/aromatic N) is 4. The van der Waals surface area contributed by atoms with Gasteiger partial charge >= 0.3 is 6.09 Å². The molecule has 3 saturated heterocycles. The van der Waals surface area contributed by atoms with Crippen LogP contribution in [0.15, 0.2) is 4.99 Å². The van der Waals surface area contributed by atoms with Crippen LogP contribution in [0.5, 0.6) is 0 Å². The second kappa shape index (κ2) is 9.09. The lowest BCUT2D eigenvalue weighted by Crippen LogP contribution is -2.57. The summed E-state index contributed by atoms with van der Waals surface area (Å²) in [6, 6.07) is 0. The number of amides is 1. The zero-order valence-corrected chi connectivity index (χ0v) is 18.3. The maximum atomic E-state index is 12.2. The minimum atomic E-state index is -0.470. The molecule has 0 aliphatic carbocycles. The first kappa shape index (κ1) is 21.5. The van der Waals surface area contributed by atoms with E-state index in [0.717, 1.165) is 45.0 Å². The number of hydrogen-bond donors (Lipinski definition) is 1. The molecule has 0 spiro atoms. The van der Waals surface area contributed by atoms with Crippen LogP contribution < -0.4 is 5.73 Å². The number of piperazine rings is 1. The number of nitrogens with two attached hydrogens (primary N) is 1. The quantitative estimate of drug-likeness (QED) is 0.547. The smallest absolute Gasteiger partial charge is 0.410 e. The van der Waals surface area contributed by atoms with Gasteiger partial charge in [-0.2, -0.15) is 11.8 Å².